The molecule has 34 heavy (non-hydrogen) atoms. The first-order valence-electron chi connectivity index (χ1n) is 10.1. The Morgan fingerprint density at radius 2 is 1.91 bits per heavy atom. The third-order valence-electron chi connectivity index (χ3n) is 4.67. The van der Waals surface area contributed by atoms with Crippen LogP contribution in [0.3, 0.4) is 0 Å². The lowest BCUT2D eigenvalue weighted by Gasteiger charge is -2.10. The molecule has 0 saturated heterocycles. The summed E-state index contributed by atoms with van der Waals surface area (Å²) in [6, 6.07) is 22.7. The van der Waals surface area contributed by atoms with E-state index in [-0.39, 0.29) is 11.7 Å². The van der Waals surface area contributed by atoms with Gasteiger partial charge in [0, 0.05) is 26.3 Å². The van der Waals surface area contributed by atoms with E-state index in [2.05, 4.69) is 36.7 Å². The highest BCUT2D eigenvalue weighted by molar-refractivity contribution is 9.10. The fourth-order valence-corrected chi connectivity index (χ4v) is 4.35. The van der Waals surface area contributed by atoms with Crippen molar-refractivity contribution in [3.63, 3.8) is 0 Å². The zero-order valence-electron chi connectivity index (χ0n) is 18.0. The Labute approximate surface area is 214 Å². The number of carbonyl (C=O) groups is 1. The number of nitrogens with zero attached hydrogens (tertiary/aromatic N) is 4. The molecule has 0 spiro atoms. The molecular formula is C24H19BrClN5O2S. The molecule has 0 bridgehead atoms. The van der Waals surface area contributed by atoms with E-state index in [1.807, 2.05) is 65.2 Å². The normalized spacial score (nSPS) is 11.0. The van der Waals surface area contributed by atoms with Crippen LogP contribution in [0.4, 0.5) is 0 Å². The first-order chi connectivity index (χ1) is 16.5. The largest absolute Gasteiger partial charge is 0.496 e. The van der Waals surface area contributed by atoms with Crippen LogP contribution in [0.1, 0.15) is 5.56 Å². The predicted octanol–water partition coefficient (Wildman–Crippen LogP) is 5.60. The van der Waals surface area contributed by atoms with Crippen molar-refractivity contribution < 1.29 is 9.53 Å². The van der Waals surface area contributed by atoms with Gasteiger partial charge in [-0.25, -0.2) is 5.43 Å². The number of ether oxygens (including phenoxy) is 1. The summed E-state index contributed by atoms with van der Waals surface area (Å²) >= 11 is 10.7. The molecule has 4 rings (SSSR count). The van der Waals surface area contributed by atoms with Gasteiger partial charge in [0.05, 0.1) is 19.1 Å². The van der Waals surface area contributed by atoms with Gasteiger partial charge in [0.1, 0.15) is 5.75 Å². The quantitative estimate of drug-likeness (QED) is 0.174. The summed E-state index contributed by atoms with van der Waals surface area (Å²) in [5.41, 5.74) is 5.03. The van der Waals surface area contributed by atoms with Crippen LogP contribution < -0.4 is 10.2 Å². The van der Waals surface area contributed by atoms with Crippen LogP contribution >= 0.6 is 39.3 Å². The number of hydrogen-bond acceptors (Lipinski definition) is 6. The van der Waals surface area contributed by atoms with Gasteiger partial charge in [-0.3, -0.25) is 9.36 Å². The van der Waals surface area contributed by atoms with Gasteiger partial charge in [-0.2, -0.15) is 5.10 Å². The Hall–Kier alpha value is -3.14. The van der Waals surface area contributed by atoms with Crippen molar-refractivity contribution in [3.05, 3.63) is 87.9 Å². The van der Waals surface area contributed by atoms with E-state index in [4.69, 9.17) is 16.3 Å². The van der Waals surface area contributed by atoms with Crippen molar-refractivity contribution in [1.82, 2.24) is 20.2 Å². The lowest BCUT2D eigenvalue weighted by Crippen LogP contribution is -2.20. The molecule has 0 saturated carbocycles. The van der Waals surface area contributed by atoms with E-state index in [0.717, 1.165) is 21.3 Å². The Balaban J connectivity index is 1.49. The van der Waals surface area contributed by atoms with Crippen molar-refractivity contribution in [2.45, 2.75) is 5.16 Å². The maximum atomic E-state index is 12.4. The molecule has 0 fully saturated rings. The summed E-state index contributed by atoms with van der Waals surface area (Å²) in [6.45, 7) is 0. The molecule has 0 aliphatic carbocycles. The lowest BCUT2D eigenvalue weighted by molar-refractivity contribution is -0.118. The van der Waals surface area contributed by atoms with Crippen LogP contribution in [0.2, 0.25) is 5.02 Å². The monoisotopic (exact) mass is 555 g/mol. The van der Waals surface area contributed by atoms with Gasteiger partial charge in [0.15, 0.2) is 11.0 Å². The number of rotatable bonds is 8. The molecule has 172 valence electrons. The lowest BCUT2D eigenvalue weighted by atomic mass is 10.2. The number of amides is 1. The van der Waals surface area contributed by atoms with Gasteiger partial charge in [0.2, 0.25) is 0 Å². The number of thioether (sulfide) groups is 1. The van der Waals surface area contributed by atoms with Gasteiger partial charge in [-0.15, -0.1) is 10.2 Å². The molecule has 10 heteroatoms. The number of nitrogens with one attached hydrogen (secondary N) is 1. The minimum absolute atomic E-state index is 0.110. The minimum Gasteiger partial charge on any atom is -0.496 e. The topological polar surface area (TPSA) is 81.4 Å². The highest BCUT2D eigenvalue weighted by Crippen LogP contribution is 2.28. The molecule has 0 aliphatic rings. The molecule has 1 amide bonds. The van der Waals surface area contributed by atoms with Gasteiger partial charge >= 0.3 is 0 Å². The molecule has 1 heterocycles. The van der Waals surface area contributed by atoms with E-state index in [1.165, 1.54) is 18.0 Å². The standard InChI is InChI=1S/C24H19BrClN5O2S/c1-33-21-12-9-18(25)13-17(21)14-27-28-22(32)15-34-24-30-29-23(16-7-10-19(26)11-8-16)31(24)20-5-3-2-4-6-20/h2-14H,15H2,1H3,(H,28,32)/b27-14-. The molecule has 0 radical (unpaired) electrons. The van der Waals surface area contributed by atoms with Crippen molar-refractivity contribution in [2.75, 3.05) is 12.9 Å². The van der Waals surface area contributed by atoms with E-state index in [0.29, 0.717) is 21.8 Å². The second-order valence-electron chi connectivity index (χ2n) is 6.95. The smallest absolute Gasteiger partial charge is 0.250 e. The van der Waals surface area contributed by atoms with E-state index in [9.17, 15) is 4.79 Å². The van der Waals surface area contributed by atoms with Gasteiger partial charge in [-0.1, -0.05) is 57.5 Å². The van der Waals surface area contributed by atoms with Crippen LogP contribution in [0, 0.1) is 0 Å². The summed E-state index contributed by atoms with van der Waals surface area (Å²) in [4.78, 5) is 12.4. The van der Waals surface area contributed by atoms with Crippen LogP contribution in [0.25, 0.3) is 17.1 Å². The Kier molecular flexibility index (Phi) is 7.99. The molecule has 1 aromatic heterocycles. The van der Waals surface area contributed by atoms with Crippen molar-refractivity contribution in [2.24, 2.45) is 5.10 Å². The number of halogens is 2. The number of aromatic nitrogens is 3. The van der Waals surface area contributed by atoms with Crippen LogP contribution in [0.5, 0.6) is 5.75 Å². The molecule has 1 N–H and O–H groups in total. The molecule has 0 atom stereocenters. The van der Waals surface area contributed by atoms with E-state index in [1.54, 1.807) is 19.2 Å². The Bertz CT molecular complexity index is 1310. The van der Waals surface area contributed by atoms with Crippen LogP contribution in [0.15, 0.2) is 87.5 Å². The predicted molar refractivity (Wildman–Crippen MR) is 139 cm³/mol. The second kappa shape index (κ2) is 11.3. The summed E-state index contributed by atoms with van der Waals surface area (Å²) in [5, 5.41) is 14.0. The number of methoxy groups -OCH3 is 1. The highest BCUT2D eigenvalue weighted by atomic mass is 79.9. The number of benzene rings is 3. The fraction of sp³-hybridized carbons (Fsp3) is 0.0833. The molecular weight excluding hydrogens is 538 g/mol. The summed E-state index contributed by atoms with van der Waals surface area (Å²) < 4.78 is 8.11. The van der Waals surface area contributed by atoms with Crippen molar-refractivity contribution in [1.29, 1.82) is 0 Å². The summed E-state index contributed by atoms with van der Waals surface area (Å²) in [6.07, 6.45) is 1.54. The minimum atomic E-state index is -0.272. The Morgan fingerprint density at radius 3 is 2.65 bits per heavy atom. The molecule has 3 aromatic carbocycles. The second-order valence-corrected chi connectivity index (χ2v) is 9.25. The average Bonchev–Trinajstić information content (AvgIpc) is 3.28. The molecule has 0 unspecified atom stereocenters. The maximum absolute atomic E-state index is 12.4. The first kappa shape index (κ1) is 24.0. The number of para-hydroxylation sites is 1. The third kappa shape index (κ3) is 5.85. The SMILES string of the molecule is COc1ccc(Br)cc1/C=N\NC(=O)CSc1nnc(-c2ccc(Cl)cc2)n1-c1ccccc1. The first-order valence-corrected chi connectivity index (χ1v) is 12.3. The van der Waals surface area contributed by atoms with E-state index >= 15 is 0 Å². The number of hydrogen-bond donors (Lipinski definition) is 1. The van der Waals surface area contributed by atoms with Gasteiger partial charge < -0.3 is 4.74 Å². The molecule has 0 aliphatic heterocycles. The maximum Gasteiger partial charge on any atom is 0.250 e. The summed E-state index contributed by atoms with van der Waals surface area (Å²) in [7, 11) is 1.58. The van der Waals surface area contributed by atoms with Crippen molar-refractivity contribution in [3.8, 4) is 22.8 Å². The van der Waals surface area contributed by atoms with Crippen LogP contribution in [-0.4, -0.2) is 39.7 Å². The zero-order valence-corrected chi connectivity index (χ0v) is 21.1. The van der Waals surface area contributed by atoms with E-state index < -0.39 is 0 Å². The third-order valence-corrected chi connectivity index (χ3v) is 6.34. The average molecular weight is 557 g/mol. The number of carbonyl (C=O) groups excluding carboxylic acids is 1. The highest BCUT2D eigenvalue weighted by Gasteiger charge is 2.17. The zero-order chi connectivity index (χ0) is 23.9. The van der Waals surface area contributed by atoms with Gasteiger partial charge in [-0.05, 0) is 54.6 Å². The molecule has 7 nitrogen and oxygen atoms in total. The molecule has 4 aromatic rings. The Morgan fingerprint density at radius 1 is 1.15 bits per heavy atom. The fourth-order valence-electron chi connectivity index (χ4n) is 3.10. The van der Waals surface area contributed by atoms with Gasteiger partial charge in [0.25, 0.3) is 5.91 Å². The summed E-state index contributed by atoms with van der Waals surface area (Å²) in [5.74, 6) is 1.15. The van der Waals surface area contributed by atoms with Crippen LogP contribution in [-0.2, 0) is 4.79 Å². The number of hydrazone groups is 1. The van der Waals surface area contributed by atoms with Crippen molar-refractivity contribution >= 4 is 51.4 Å².